The van der Waals surface area contributed by atoms with E-state index in [0.717, 1.165) is 6.42 Å². The van der Waals surface area contributed by atoms with Crippen LogP contribution in [0.5, 0.6) is 0 Å². The van der Waals surface area contributed by atoms with Crippen molar-refractivity contribution in [1.29, 1.82) is 0 Å². The van der Waals surface area contributed by atoms with Crippen LogP contribution in [0.2, 0.25) is 0 Å². The minimum atomic E-state index is 0.252. The highest BCUT2D eigenvalue weighted by Crippen LogP contribution is 1.98. The second-order valence-corrected chi connectivity index (χ2v) is 1.47. The van der Waals surface area contributed by atoms with Gasteiger partial charge >= 0.3 is 0 Å². The molecule has 0 spiro atoms. The van der Waals surface area contributed by atoms with E-state index in [-0.39, 0.29) is 5.90 Å². The molecule has 0 saturated carbocycles. The van der Waals surface area contributed by atoms with E-state index in [1.807, 2.05) is 6.08 Å². The zero-order valence-corrected chi connectivity index (χ0v) is 3.96. The maximum atomic E-state index is 8.61. The Bertz CT molecular complexity index is 115. The summed E-state index contributed by atoms with van der Waals surface area (Å²) in [6.45, 7) is 0. The molecule has 2 heteroatoms. The van der Waals surface area contributed by atoms with E-state index in [9.17, 15) is 0 Å². The van der Waals surface area contributed by atoms with Gasteiger partial charge in [-0.1, -0.05) is 6.08 Å². The van der Waals surface area contributed by atoms with Crippen molar-refractivity contribution in [2.75, 3.05) is 0 Å². The lowest BCUT2D eigenvalue weighted by Gasteiger charge is -1.96. The predicted molar refractivity (Wildman–Crippen MR) is 28.4 cm³/mol. The summed E-state index contributed by atoms with van der Waals surface area (Å²) in [6, 6.07) is 0. The molecule has 1 heterocycles. The highest BCUT2D eigenvalue weighted by molar-refractivity contribution is 5.75. The molecule has 1 N–H and O–H groups in total. The smallest absolute Gasteiger partial charge is 0.185 e. The molecular formula is C5H7NO. The molecule has 0 aromatic carbocycles. The van der Waals surface area contributed by atoms with Crippen LogP contribution in [0.25, 0.3) is 0 Å². The van der Waals surface area contributed by atoms with E-state index < -0.39 is 0 Å². The van der Waals surface area contributed by atoms with Crippen LogP contribution in [0, 0.1) is 0 Å². The first kappa shape index (κ1) is 4.37. The van der Waals surface area contributed by atoms with Crippen LogP contribution in [-0.2, 0) is 0 Å². The molecule has 0 atom stereocenters. The van der Waals surface area contributed by atoms with Crippen molar-refractivity contribution < 1.29 is 5.11 Å². The van der Waals surface area contributed by atoms with Crippen LogP contribution in [0.15, 0.2) is 17.3 Å². The summed E-state index contributed by atoms with van der Waals surface area (Å²) in [5.41, 5.74) is 0. The molecule has 38 valence electrons. The number of hydrogen-bond acceptors (Lipinski definition) is 1. The molecule has 0 unspecified atom stereocenters. The van der Waals surface area contributed by atoms with Crippen LogP contribution in [0.4, 0.5) is 0 Å². The monoisotopic (exact) mass is 97.1 g/mol. The van der Waals surface area contributed by atoms with Gasteiger partial charge in [0.05, 0.1) is 0 Å². The van der Waals surface area contributed by atoms with Crippen LogP contribution >= 0.6 is 0 Å². The average Bonchev–Trinajstić information content (AvgIpc) is 1.69. The van der Waals surface area contributed by atoms with Crippen molar-refractivity contribution in [3.63, 3.8) is 0 Å². The molecule has 0 aromatic heterocycles. The van der Waals surface area contributed by atoms with Crippen molar-refractivity contribution in [3.05, 3.63) is 12.3 Å². The fourth-order valence-electron chi connectivity index (χ4n) is 0.490. The SMILES string of the molecule is OC1=NC=CCC1. The summed E-state index contributed by atoms with van der Waals surface area (Å²) in [5.74, 6) is 0.252. The molecule has 0 amide bonds. The van der Waals surface area contributed by atoms with E-state index in [4.69, 9.17) is 5.11 Å². The van der Waals surface area contributed by atoms with E-state index in [2.05, 4.69) is 4.99 Å². The second-order valence-electron chi connectivity index (χ2n) is 1.47. The summed E-state index contributed by atoms with van der Waals surface area (Å²) in [5, 5.41) is 8.61. The molecule has 0 saturated heterocycles. The number of allylic oxidation sites excluding steroid dienone is 1. The quantitative estimate of drug-likeness (QED) is 0.484. The normalized spacial score (nSPS) is 19.1. The Hall–Kier alpha value is -0.790. The summed E-state index contributed by atoms with van der Waals surface area (Å²) < 4.78 is 0. The molecule has 1 aliphatic heterocycles. The molecular weight excluding hydrogens is 90.1 g/mol. The summed E-state index contributed by atoms with van der Waals surface area (Å²) in [7, 11) is 0. The van der Waals surface area contributed by atoms with Gasteiger partial charge in [-0.25, -0.2) is 4.99 Å². The number of hydrogen-bond donors (Lipinski definition) is 1. The van der Waals surface area contributed by atoms with Gasteiger partial charge in [0.1, 0.15) is 0 Å². The molecule has 0 aliphatic carbocycles. The number of aliphatic hydroxyl groups excluding tert-OH is 1. The number of aliphatic imine (C=N–C) groups is 1. The van der Waals surface area contributed by atoms with E-state index in [0.29, 0.717) is 6.42 Å². The third kappa shape index (κ3) is 1.03. The first-order valence-electron chi connectivity index (χ1n) is 2.30. The fourth-order valence-corrected chi connectivity index (χ4v) is 0.490. The summed E-state index contributed by atoms with van der Waals surface area (Å²) in [6.07, 6.45) is 5.18. The van der Waals surface area contributed by atoms with Crippen molar-refractivity contribution in [3.8, 4) is 0 Å². The van der Waals surface area contributed by atoms with Crippen LogP contribution in [0.3, 0.4) is 0 Å². The Morgan fingerprint density at radius 3 is 2.86 bits per heavy atom. The third-order valence-electron chi connectivity index (χ3n) is 0.864. The highest BCUT2D eigenvalue weighted by Gasteiger charge is 1.93. The maximum absolute atomic E-state index is 8.61. The van der Waals surface area contributed by atoms with Crippen molar-refractivity contribution in [2.45, 2.75) is 12.8 Å². The average molecular weight is 97.1 g/mol. The Labute approximate surface area is 42.2 Å². The Kier molecular flexibility index (Phi) is 1.11. The van der Waals surface area contributed by atoms with E-state index >= 15 is 0 Å². The van der Waals surface area contributed by atoms with Crippen LogP contribution < -0.4 is 0 Å². The number of nitrogens with zero attached hydrogens (tertiary/aromatic N) is 1. The number of aliphatic hydroxyl groups is 1. The first-order chi connectivity index (χ1) is 3.39. The molecule has 0 radical (unpaired) electrons. The molecule has 1 aliphatic rings. The van der Waals surface area contributed by atoms with Gasteiger partial charge in [0.25, 0.3) is 0 Å². The standard InChI is InChI=1S/C5H7NO/c7-5-3-1-2-4-6-5/h2,4H,1,3H2,(H,6,7). The van der Waals surface area contributed by atoms with Gasteiger partial charge in [0, 0.05) is 12.6 Å². The van der Waals surface area contributed by atoms with Gasteiger partial charge < -0.3 is 5.11 Å². The fraction of sp³-hybridized carbons (Fsp3) is 0.400. The lowest BCUT2D eigenvalue weighted by molar-refractivity contribution is 0.529. The highest BCUT2D eigenvalue weighted by atomic mass is 16.3. The number of rotatable bonds is 0. The predicted octanol–water partition coefficient (Wildman–Crippen LogP) is 1.25. The van der Waals surface area contributed by atoms with Crippen molar-refractivity contribution >= 4 is 5.90 Å². The van der Waals surface area contributed by atoms with Gasteiger partial charge in [-0.2, -0.15) is 0 Å². The lowest BCUT2D eigenvalue weighted by Crippen LogP contribution is -1.95. The van der Waals surface area contributed by atoms with Crippen LogP contribution in [0.1, 0.15) is 12.8 Å². The van der Waals surface area contributed by atoms with E-state index in [1.54, 1.807) is 6.20 Å². The molecule has 2 nitrogen and oxygen atoms in total. The van der Waals surface area contributed by atoms with Crippen LogP contribution in [-0.4, -0.2) is 11.0 Å². The van der Waals surface area contributed by atoms with Gasteiger partial charge in [0.2, 0.25) is 0 Å². The van der Waals surface area contributed by atoms with Crippen molar-refractivity contribution in [2.24, 2.45) is 4.99 Å². The molecule has 0 fully saturated rings. The second kappa shape index (κ2) is 1.78. The van der Waals surface area contributed by atoms with Crippen molar-refractivity contribution in [1.82, 2.24) is 0 Å². The van der Waals surface area contributed by atoms with Gasteiger partial charge in [0.15, 0.2) is 5.90 Å². The first-order valence-corrected chi connectivity index (χ1v) is 2.30. The Morgan fingerprint density at radius 1 is 1.71 bits per heavy atom. The molecule has 1 rings (SSSR count). The largest absolute Gasteiger partial charge is 0.496 e. The molecule has 0 aromatic rings. The zero-order chi connectivity index (χ0) is 5.11. The lowest BCUT2D eigenvalue weighted by atomic mass is 10.3. The van der Waals surface area contributed by atoms with Gasteiger partial charge in [-0.05, 0) is 6.42 Å². The van der Waals surface area contributed by atoms with E-state index in [1.165, 1.54) is 0 Å². The zero-order valence-electron chi connectivity index (χ0n) is 3.96. The topological polar surface area (TPSA) is 32.6 Å². The summed E-state index contributed by atoms with van der Waals surface area (Å²) >= 11 is 0. The molecule has 7 heavy (non-hydrogen) atoms. The Morgan fingerprint density at radius 2 is 2.57 bits per heavy atom. The van der Waals surface area contributed by atoms with Gasteiger partial charge in [-0.3, -0.25) is 0 Å². The minimum absolute atomic E-state index is 0.252. The summed E-state index contributed by atoms with van der Waals surface area (Å²) in [4.78, 5) is 3.62. The third-order valence-corrected chi connectivity index (χ3v) is 0.864. The maximum Gasteiger partial charge on any atom is 0.185 e. The van der Waals surface area contributed by atoms with Gasteiger partial charge in [-0.15, -0.1) is 0 Å². The Balaban J connectivity index is 2.57. The molecule has 0 bridgehead atoms. The minimum Gasteiger partial charge on any atom is -0.496 e.